The zero-order valence-corrected chi connectivity index (χ0v) is 16.3. The number of nitrogens with zero attached hydrogens (tertiary/aromatic N) is 1. The number of benzene rings is 1. The lowest BCUT2D eigenvalue weighted by Crippen LogP contribution is -2.64. The maximum Gasteiger partial charge on any atom is 0.407 e. The first-order chi connectivity index (χ1) is 12.9. The first kappa shape index (κ1) is 18.6. The topological polar surface area (TPSA) is 58.6 Å². The first-order valence-corrected chi connectivity index (χ1v) is 10.7. The molecule has 7 heteroatoms. The van der Waals surface area contributed by atoms with Crippen molar-refractivity contribution in [3.63, 3.8) is 0 Å². The molecule has 1 spiro atoms. The van der Waals surface area contributed by atoms with Crippen molar-refractivity contribution in [1.29, 1.82) is 0 Å². The second kappa shape index (κ2) is 7.34. The maximum absolute atomic E-state index is 13.7. The number of hydrogen-bond donors (Lipinski definition) is 1. The number of carbonyl (C=O) groups excluding carboxylic acids is 2. The Morgan fingerprint density at radius 1 is 1.37 bits per heavy atom. The van der Waals surface area contributed by atoms with Crippen molar-refractivity contribution in [2.24, 2.45) is 11.3 Å². The van der Waals surface area contributed by atoms with Gasteiger partial charge in [0.25, 0.3) is 0 Å². The van der Waals surface area contributed by atoms with Crippen LogP contribution in [0.15, 0.2) is 23.1 Å². The molecule has 1 aromatic rings. The predicted octanol–water partition coefficient (Wildman–Crippen LogP) is 3.22. The molecule has 1 aliphatic carbocycles. The highest BCUT2D eigenvalue weighted by atomic mass is 32.2. The molecule has 2 saturated heterocycles. The van der Waals surface area contributed by atoms with Crippen LogP contribution in [0.2, 0.25) is 0 Å². The fraction of sp³-hybridized carbons (Fsp3) is 0.600. The molecule has 1 atom stereocenters. The second-order valence-corrected chi connectivity index (χ2v) is 9.09. The van der Waals surface area contributed by atoms with Gasteiger partial charge >= 0.3 is 6.09 Å². The highest BCUT2D eigenvalue weighted by molar-refractivity contribution is 7.98. The molecule has 1 aromatic carbocycles. The summed E-state index contributed by atoms with van der Waals surface area (Å²) in [7, 11) is 0. The summed E-state index contributed by atoms with van der Waals surface area (Å²) in [5.74, 6) is 0.597. The monoisotopic (exact) mass is 392 g/mol. The van der Waals surface area contributed by atoms with Crippen LogP contribution in [0, 0.1) is 17.2 Å². The SMILES string of the molecule is CSc1cc(F)cc(CC2CC3(C2)CN(C(=O)CCC2COC(=O)N2)C3)c1. The van der Waals surface area contributed by atoms with Gasteiger partial charge in [0.1, 0.15) is 12.4 Å². The summed E-state index contributed by atoms with van der Waals surface area (Å²) < 4.78 is 18.5. The number of amides is 2. The molecule has 1 N–H and O–H groups in total. The van der Waals surface area contributed by atoms with Crippen LogP contribution < -0.4 is 5.32 Å². The van der Waals surface area contributed by atoms with Crippen LogP contribution in [0.1, 0.15) is 31.2 Å². The van der Waals surface area contributed by atoms with Gasteiger partial charge in [0.05, 0.1) is 6.04 Å². The van der Waals surface area contributed by atoms with E-state index in [2.05, 4.69) is 11.4 Å². The number of likely N-dealkylation sites (tertiary alicyclic amines) is 1. The van der Waals surface area contributed by atoms with E-state index in [-0.39, 0.29) is 23.9 Å². The van der Waals surface area contributed by atoms with Gasteiger partial charge in [-0.1, -0.05) is 0 Å². The average molecular weight is 392 g/mol. The number of rotatable bonds is 6. The quantitative estimate of drug-likeness (QED) is 0.756. The van der Waals surface area contributed by atoms with E-state index in [1.54, 1.807) is 23.9 Å². The number of thioether (sulfide) groups is 1. The van der Waals surface area contributed by atoms with Crippen molar-refractivity contribution in [3.05, 3.63) is 29.6 Å². The van der Waals surface area contributed by atoms with Crippen molar-refractivity contribution < 1.29 is 18.7 Å². The van der Waals surface area contributed by atoms with E-state index in [9.17, 15) is 14.0 Å². The van der Waals surface area contributed by atoms with E-state index in [1.807, 2.05) is 11.2 Å². The van der Waals surface area contributed by atoms with Gasteiger partial charge in [-0.15, -0.1) is 11.8 Å². The Kier molecular flexibility index (Phi) is 5.05. The van der Waals surface area contributed by atoms with E-state index in [0.717, 1.165) is 42.8 Å². The maximum atomic E-state index is 13.7. The van der Waals surface area contributed by atoms with Crippen LogP contribution in [0.3, 0.4) is 0 Å². The van der Waals surface area contributed by atoms with Crippen LogP contribution in [0.25, 0.3) is 0 Å². The molecule has 4 rings (SSSR count). The fourth-order valence-electron chi connectivity index (χ4n) is 4.73. The number of cyclic esters (lactones) is 1. The molecule has 0 radical (unpaired) electrons. The van der Waals surface area contributed by atoms with Crippen LogP contribution >= 0.6 is 11.8 Å². The smallest absolute Gasteiger partial charge is 0.407 e. The minimum atomic E-state index is -0.390. The largest absolute Gasteiger partial charge is 0.447 e. The Balaban J connectivity index is 1.19. The number of ether oxygens (including phenoxy) is 1. The Hall–Kier alpha value is -1.76. The molecule has 3 fully saturated rings. The molecular formula is C20H25FN2O3S. The number of nitrogens with one attached hydrogen (secondary N) is 1. The molecule has 2 aliphatic heterocycles. The van der Waals surface area contributed by atoms with E-state index in [4.69, 9.17) is 4.74 Å². The Morgan fingerprint density at radius 3 is 2.81 bits per heavy atom. The third-order valence-electron chi connectivity index (χ3n) is 5.98. The number of alkyl carbamates (subject to hydrolysis) is 1. The zero-order chi connectivity index (χ0) is 19.0. The summed E-state index contributed by atoms with van der Waals surface area (Å²) >= 11 is 1.57. The van der Waals surface area contributed by atoms with E-state index in [0.29, 0.717) is 30.8 Å². The van der Waals surface area contributed by atoms with Gasteiger partial charge in [-0.25, -0.2) is 9.18 Å². The molecule has 1 saturated carbocycles. The molecule has 2 heterocycles. The summed E-state index contributed by atoms with van der Waals surface area (Å²) in [6.07, 6.45) is 5.82. The third-order valence-corrected chi connectivity index (χ3v) is 6.69. The number of hydrogen-bond acceptors (Lipinski definition) is 4. The molecule has 1 unspecified atom stereocenters. The van der Waals surface area contributed by atoms with Gasteiger partial charge in [-0.05, 0) is 61.6 Å². The Bertz CT molecular complexity index is 743. The van der Waals surface area contributed by atoms with Crippen molar-refractivity contribution >= 4 is 23.8 Å². The summed E-state index contributed by atoms with van der Waals surface area (Å²) in [5, 5.41) is 2.70. The van der Waals surface area contributed by atoms with Crippen LogP contribution in [-0.4, -0.2) is 48.9 Å². The molecule has 3 aliphatic rings. The Labute approximate surface area is 163 Å². The summed E-state index contributed by atoms with van der Waals surface area (Å²) in [4.78, 5) is 26.2. The average Bonchev–Trinajstić information content (AvgIpc) is 2.98. The summed E-state index contributed by atoms with van der Waals surface area (Å²) in [6.45, 7) is 2.04. The van der Waals surface area contributed by atoms with E-state index in [1.165, 1.54) is 0 Å². The molecule has 5 nitrogen and oxygen atoms in total. The van der Waals surface area contributed by atoms with Crippen molar-refractivity contribution in [3.8, 4) is 0 Å². The normalized spacial score (nSPS) is 23.6. The number of carbonyl (C=O) groups is 2. The van der Waals surface area contributed by atoms with Gasteiger partial charge in [0.2, 0.25) is 5.91 Å². The van der Waals surface area contributed by atoms with Crippen molar-refractivity contribution in [2.45, 2.75) is 43.0 Å². The van der Waals surface area contributed by atoms with Crippen molar-refractivity contribution in [2.75, 3.05) is 26.0 Å². The van der Waals surface area contributed by atoms with E-state index >= 15 is 0 Å². The van der Waals surface area contributed by atoms with Gasteiger partial charge < -0.3 is 15.0 Å². The van der Waals surface area contributed by atoms with Gasteiger partial charge in [-0.2, -0.15) is 0 Å². The fourth-order valence-corrected chi connectivity index (χ4v) is 5.23. The standard InChI is InChI=1S/C20H25FN2O3S/c1-27-17-6-13(5-15(21)7-17)4-14-8-20(9-14)11-23(12-20)18(24)3-2-16-10-26-19(25)22-16/h5-7,14,16H,2-4,8-12H2,1H3,(H,22,25). The first-order valence-electron chi connectivity index (χ1n) is 9.49. The third kappa shape index (κ3) is 4.08. The highest BCUT2D eigenvalue weighted by Crippen LogP contribution is 2.53. The molecule has 0 aromatic heterocycles. The minimum absolute atomic E-state index is 0.0396. The molecular weight excluding hydrogens is 367 g/mol. The van der Waals surface area contributed by atoms with Crippen LogP contribution in [0.4, 0.5) is 9.18 Å². The van der Waals surface area contributed by atoms with Gasteiger partial charge in [-0.3, -0.25) is 4.79 Å². The molecule has 146 valence electrons. The highest BCUT2D eigenvalue weighted by Gasteiger charge is 2.53. The lowest BCUT2D eigenvalue weighted by atomic mass is 9.56. The summed E-state index contributed by atoms with van der Waals surface area (Å²) in [5.41, 5.74) is 1.37. The molecule has 2 amide bonds. The predicted molar refractivity (Wildman–Crippen MR) is 101 cm³/mol. The number of halogens is 1. The van der Waals surface area contributed by atoms with Crippen molar-refractivity contribution in [1.82, 2.24) is 10.2 Å². The minimum Gasteiger partial charge on any atom is -0.447 e. The van der Waals surface area contributed by atoms with Crippen LogP contribution in [0.5, 0.6) is 0 Å². The zero-order valence-electron chi connectivity index (χ0n) is 15.5. The molecule has 0 bridgehead atoms. The van der Waals surface area contributed by atoms with Gasteiger partial charge in [0.15, 0.2) is 0 Å². The van der Waals surface area contributed by atoms with E-state index < -0.39 is 0 Å². The lowest BCUT2D eigenvalue weighted by Gasteiger charge is -2.59. The van der Waals surface area contributed by atoms with Crippen LogP contribution in [-0.2, 0) is 16.0 Å². The lowest BCUT2D eigenvalue weighted by molar-refractivity contribution is -0.155. The summed E-state index contributed by atoms with van der Waals surface area (Å²) in [6, 6.07) is 5.27. The van der Waals surface area contributed by atoms with Gasteiger partial charge in [0, 0.05) is 29.8 Å². The second-order valence-electron chi connectivity index (χ2n) is 8.21. The Morgan fingerprint density at radius 2 is 2.15 bits per heavy atom. The molecule has 27 heavy (non-hydrogen) atoms.